The van der Waals surface area contributed by atoms with Crippen LogP contribution in [0.25, 0.3) is 10.9 Å². The first kappa shape index (κ1) is 17.3. The van der Waals surface area contributed by atoms with E-state index in [1.807, 2.05) is 46.8 Å². The second-order valence-electron chi connectivity index (χ2n) is 6.66. The summed E-state index contributed by atoms with van der Waals surface area (Å²) in [7, 11) is 1.58. The van der Waals surface area contributed by atoms with E-state index in [4.69, 9.17) is 9.47 Å². The molecule has 5 nitrogen and oxygen atoms in total. The Balaban J connectivity index is 2.66. The zero-order valence-corrected chi connectivity index (χ0v) is 14.6. The normalized spacial score (nSPS) is 13.2. The van der Waals surface area contributed by atoms with Gasteiger partial charge in [0, 0.05) is 17.1 Å². The molecule has 0 bridgehead atoms. The fourth-order valence-electron chi connectivity index (χ4n) is 2.71. The third-order valence-corrected chi connectivity index (χ3v) is 3.69. The van der Waals surface area contributed by atoms with Crippen LogP contribution in [0.5, 0.6) is 5.75 Å². The molecule has 0 fully saturated rings. The highest BCUT2D eigenvalue weighted by Gasteiger charge is 2.23. The highest BCUT2D eigenvalue weighted by Crippen LogP contribution is 2.37. The fraction of sp³-hybridized carbons (Fsp3) is 0.500. The number of fused-ring (bicyclic) bond motifs is 1. The Labute approximate surface area is 136 Å². The molecule has 23 heavy (non-hydrogen) atoms. The van der Waals surface area contributed by atoms with Crippen molar-refractivity contribution in [2.24, 2.45) is 0 Å². The summed E-state index contributed by atoms with van der Waals surface area (Å²) in [5.41, 5.74) is 1.76. The molecule has 0 aliphatic heterocycles. The number of aliphatic hydroxyl groups is 1. The Morgan fingerprint density at radius 2 is 2.04 bits per heavy atom. The van der Waals surface area contributed by atoms with Crippen LogP contribution >= 0.6 is 0 Å². The number of benzene rings is 1. The van der Waals surface area contributed by atoms with Gasteiger partial charge in [0.2, 0.25) is 0 Å². The number of carbonyl (C=O) groups is 1. The topological polar surface area (TPSA) is 60.7 Å². The molecule has 1 atom stereocenters. The summed E-state index contributed by atoms with van der Waals surface area (Å²) in [6.07, 6.45) is 1.16. The molecular formula is C18H25NO4. The van der Waals surface area contributed by atoms with Gasteiger partial charge in [-0.3, -0.25) is 4.57 Å². The molecular weight excluding hydrogens is 294 g/mol. The predicted molar refractivity (Wildman–Crippen MR) is 90.1 cm³/mol. The summed E-state index contributed by atoms with van der Waals surface area (Å²) in [6, 6.07) is 3.67. The van der Waals surface area contributed by atoms with Gasteiger partial charge in [-0.2, -0.15) is 0 Å². The van der Waals surface area contributed by atoms with Crippen LogP contribution in [0, 0.1) is 6.92 Å². The van der Waals surface area contributed by atoms with E-state index < -0.39 is 17.8 Å². The molecule has 0 saturated carbocycles. The molecule has 126 valence electrons. The van der Waals surface area contributed by atoms with E-state index in [0.717, 1.165) is 16.5 Å². The van der Waals surface area contributed by atoms with Crippen LogP contribution in [0.2, 0.25) is 0 Å². The number of carbonyl (C=O) groups excluding carboxylic acids is 1. The van der Waals surface area contributed by atoms with E-state index in [1.165, 1.54) is 4.57 Å². The molecule has 2 aromatic rings. The highest BCUT2D eigenvalue weighted by atomic mass is 16.6. The molecule has 0 spiro atoms. The van der Waals surface area contributed by atoms with Crippen molar-refractivity contribution >= 4 is 17.0 Å². The molecule has 0 radical (unpaired) electrons. The Morgan fingerprint density at radius 1 is 1.39 bits per heavy atom. The van der Waals surface area contributed by atoms with Gasteiger partial charge < -0.3 is 14.6 Å². The minimum absolute atomic E-state index is 0.433. The molecule has 5 heteroatoms. The Kier molecular flexibility index (Phi) is 4.71. The van der Waals surface area contributed by atoms with Gasteiger partial charge in [-0.25, -0.2) is 4.79 Å². The molecule has 1 unspecified atom stereocenters. The smallest absolute Gasteiger partial charge is 0.419 e. The number of aryl methyl sites for hydroxylation is 1. The maximum absolute atomic E-state index is 12.4. The van der Waals surface area contributed by atoms with Crippen LogP contribution in [0.1, 0.15) is 51.3 Å². The SMILES string of the molecule is CCC(O)c1c(OC)cc(C)c2c1ccn2C(=O)OC(C)(C)C. The van der Waals surface area contributed by atoms with Crippen molar-refractivity contribution in [1.29, 1.82) is 0 Å². The number of hydrogen-bond acceptors (Lipinski definition) is 4. The predicted octanol–water partition coefficient (Wildman–Crippen LogP) is 4.18. The number of aliphatic hydroxyl groups excluding tert-OH is 1. The molecule has 0 saturated heterocycles. The molecule has 1 heterocycles. The number of hydrogen-bond donors (Lipinski definition) is 1. The zero-order chi connectivity index (χ0) is 17.4. The van der Waals surface area contributed by atoms with Gasteiger partial charge in [0.25, 0.3) is 0 Å². The van der Waals surface area contributed by atoms with Gasteiger partial charge in [0.05, 0.1) is 18.7 Å². The Morgan fingerprint density at radius 3 is 2.57 bits per heavy atom. The lowest BCUT2D eigenvalue weighted by Gasteiger charge is -2.21. The van der Waals surface area contributed by atoms with Crippen molar-refractivity contribution in [3.63, 3.8) is 0 Å². The molecule has 2 rings (SSSR count). The largest absolute Gasteiger partial charge is 0.496 e. The van der Waals surface area contributed by atoms with Crippen LogP contribution in [0.4, 0.5) is 4.79 Å². The van der Waals surface area contributed by atoms with Gasteiger partial charge in [0.15, 0.2) is 0 Å². The number of aromatic nitrogens is 1. The minimum Gasteiger partial charge on any atom is -0.496 e. The van der Waals surface area contributed by atoms with E-state index in [9.17, 15) is 9.90 Å². The highest BCUT2D eigenvalue weighted by molar-refractivity contribution is 5.95. The first-order valence-electron chi connectivity index (χ1n) is 7.79. The van der Waals surface area contributed by atoms with Gasteiger partial charge in [-0.15, -0.1) is 0 Å². The lowest BCUT2D eigenvalue weighted by molar-refractivity contribution is 0.0544. The van der Waals surface area contributed by atoms with Crippen molar-refractivity contribution < 1.29 is 19.4 Å². The number of ether oxygens (including phenoxy) is 2. The molecule has 0 aliphatic carbocycles. The van der Waals surface area contributed by atoms with Crippen molar-refractivity contribution in [1.82, 2.24) is 4.57 Å². The number of nitrogens with zero attached hydrogens (tertiary/aromatic N) is 1. The van der Waals surface area contributed by atoms with Crippen LogP contribution in [0.3, 0.4) is 0 Å². The van der Waals surface area contributed by atoms with E-state index in [0.29, 0.717) is 17.7 Å². The summed E-state index contributed by atoms with van der Waals surface area (Å²) in [5.74, 6) is 0.631. The van der Waals surface area contributed by atoms with E-state index in [-0.39, 0.29) is 0 Å². The monoisotopic (exact) mass is 319 g/mol. The standard InChI is InChI=1S/C18H25NO4/c1-7-13(20)15-12-8-9-19(17(21)23-18(3,4)5)16(12)11(2)10-14(15)22-6/h8-10,13,20H,7H2,1-6H3. The zero-order valence-electron chi connectivity index (χ0n) is 14.6. The molecule has 0 aliphatic rings. The van der Waals surface area contributed by atoms with Crippen LogP contribution in [-0.2, 0) is 4.74 Å². The molecule has 1 aromatic heterocycles. The number of rotatable bonds is 3. The van der Waals surface area contributed by atoms with E-state index >= 15 is 0 Å². The van der Waals surface area contributed by atoms with Crippen molar-refractivity contribution in [2.75, 3.05) is 7.11 Å². The fourth-order valence-corrected chi connectivity index (χ4v) is 2.71. The third kappa shape index (κ3) is 3.34. The summed E-state index contributed by atoms with van der Waals surface area (Å²) in [6.45, 7) is 9.31. The van der Waals surface area contributed by atoms with E-state index in [2.05, 4.69) is 0 Å². The van der Waals surface area contributed by atoms with Crippen molar-refractivity contribution in [2.45, 2.75) is 52.7 Å². The summed E-state index contributed by atoms with van der Waals surface area (Å²) in [4.78, 5) is 12.4. The summed E-state index contributed by atoms with van der Waals surface area (Å²) in [5, 5.41) is 11.2. The Hall–Kier alpha value is -2.01. The second-order valence-corrected chi connectivity index (χ2v) is 6.66. The maximum atomic E-state index is 12.4. The summed E-state index contributed by atoms with van der Waals surface area (Å²) < 4.78 is 12.4. The van der Waals surface area contributed by atoms with Gasteiger partial charge in [-0.1, -0.05) is 6.92 Å². The van der Waals surface area contributed by atoms with Crippen molar-refractivity contribution in [3.05, 3.63) is 29.5 Å². The van der Waals surface area contributed by atoms with Gasteiger partial charge in [0.1, 0.15) is 11.4 Å². The quantitative estimate of drug-likeness (QED) is 0.921. The van der Waals surface area contributed by atoms with Crippen molar-refractivity contribution in [3.8, 4) is 5.75 Å². The van der Waals surface area contributed by atoms with E-state index in [1.54, 1.807) is 13.3 Å². The van der Waals surface area contributed by atoms with Crippen LogP contribution in [0.15, 0.2) is 18.3 Å². The molecule has 1 aromatic carbocycles. The van der Waals surface area contributed by atoms with Gasteiger partial charge in [-0.05, 0) is 51.8 Å². The lowest BCUT2D eigenvalue weighted by atomic mass is 9.99. The second kappa shape index (κ2) is 6.24. The van der Waals surface area contributed by atoms with Crippen LogP contribution in [-0.4, -0.2) is 28.5 Å². The molecule has 1 N–H and O–H groups in total. The number of methoxy groups -OCH3 is 1. The third-order valence-electron chi connectivity index (χ3n) is 3.69. The summed E-state index contributed by atoms with van der Waals surface area (Å²) >= 11 is 0. The maximum Gasteiger partial charge on any atom is 0.419 e. The first-order valence-corrected chi connectivity index (χ1v) is 7.79. The Bertz CT molecular complexity index is 725. The molecule has 0 amide bonds. The minimum atomic E-state index is -0.650. The van der Waals surface area contributed by atoms with Gasteiger partial charge >= 0.3 is 6.09 Å². The van der Waals surface area contributed by atoms with Crippen LogP contribution < -0.4 is 4.74 Å². The average Bonchev–Trinajstić information content (AvgIpc) is 2.89. The lowest BCUT2D eigenvalue weighted by Crippen LogP contribution is -2.26. The average molecular weight is 319 g/mol. The first-order chi connectivity index (χ1) is 10.7.